The number of rotatable bonds is 3. The van der Waals surface area contributed by atoms with Crippen molar-refractivity contribution in [1.82, 2.24) is 15.2 Å². The van der Waals surface area contributed by atoms with E-state index in [9.17, 15) is 9.59 Å². The second kappa shape index (κ2) is 6.68. The van der Waals surface area contributed by atoms with Crippen LogP contribution in [0.2, 0.25) is 0 Å². The predicted octanol–water partition coefficient (Wildman–Crippen LogP) is 2.31. The molecule has 0 aliphatic rings. The Morgan fingerprint density at radius 3 is 2.60 bits per heavy atom. The first-order valence-electron chi connectivity index (χ1n) is 7.84. The molecule has 0 aliphatic carbocycles. The molecule has 0 spiro atoms. The number of fused-ring (bicyclic) bond motifs is 1. The van der Waals surface area contributed by atoms with E-state index in [1.165, 1.54) is 12.6 Å². The molecule has 0 bridgehead atoms. The summed E-state index contributed by atoms with van der Waals surface area (Å²) in [6.07, 6.45) is 1.59. The molecule has 6 nitrogen and oxygen atoms in total. The normalized spacial score (nSPS) is 11.2. The van der Waals surface area contributed by atoms with Gasteiger partial charge in [0.15, 0.2) is 5.69 Å². The van der Waals surface area contributed by atoms with Crippen LogP contribution < -0.4 is 11.0 Å². The van der Waals surface area contributed by atoms with Gasteiger partial charge in [-0.1, -0.05) is 42.0 Å². The molecule has 0 aliphatic heterocycles. The lowest BCUT2D eigenvalue weighted by Gasteiger charge is -2.06. The van der Waals surface area contributed by atoms with Crippen LogP contribution in [0.15, 0.2) is 52.4 Å². The lowest BCUT2D eigenvalue weighted by Crippen LogP contribution is -2.27. The minimum Gasteiger partial charge on any atom is -0.267 e. The van der Waals surface area contributed by atoms with Crippen LogP contribution >= 0.6 is 0 Å². The molecule has 0 fully saturated rings. The summed E-state index contributed by atoms with van der Waals surface area (Å²) in [7, 11) is 1.52. The number of benzene rings is 2. The fourth-order valence-corrected chi connectivity index (χ4v) is 2.65. The maximum absolute atomic E-state index is 12.4. The highest BCUT2D eigenvalue weighted by Crippen LogP contribution is 2.13. The van der Waals surface area contributed by atoms with E-state index in [0.29, 0.717) is 10.8 Å². The average Bonchev–Trinajstić information content (AvgIpc) is 2.60. The first-order chi connectivity index (χ1) is 12.0. The molecule has 0 atom stereocenters. The molecule has 25 heavy (non-hydrogen) atoms. The van der Waals surface area contributed by atoms with Crippen molar-refractivity contribution in [2.45, 2.75) is 13.8 Å². The van der Waals surface area contributed by atoms with Gasteiger partial charge in [-0.2, -0.15) is 10.2 Å². The molecule has 6 heteroatoms. The van der Waals surface area contributed by atoms with Crippen molar-refractivity contribution in [2.24, 2.45) is 12.1 Å². The Balaban J connectivity index is 1.89. The molecule has 126 valence electrons. The van der Waals surface area contributed by atoms with Crippen LogP contribution in [-0.2, 0) is 7.05 Å². The summed E-state index contributed by atoms with van der Waals surface area (Å²) in [5, 5.41) is 9.04. The van der Waals surface area contributed by atoms with Gasteiger partial charge in [-0.15, -0.1) is 0 Å². The number of hydrazone groups is 1. The van der Waals surface area contributed by atoms with Crippen LogP contribution in [0.3, 0.4) is 0 Å². The van der Waals surface area contributed by atoms with E-state index in [2.05, 4.69) is 15.6 Å². The maximum Gasteiger partial charge on any atom is 0.292 e. The van der Waals surface area contributed by atoms with Crippen LogP contribution in [0.4, 0.5) is 0 Å². The first kappa shape index (κ1) is 16.6. The Morgan fingerprint density at radius 1 is 1.16 bits per heavy atom. The summed E-state index contributed by atoms with van der Waals surface area (Å²) in [4.78, 5) is 24.6. The summed E-state index contributed by atoms with van der Waals surface area (Å²) in [5.41, 5.74) is 5.56. The zero-order valence-electron chi connectivity index (χ0n) is 14.3. The van der Waals surface area contributed by atoms with Crippen LogP contribution in [0, 0.1) is 13.8 Å². The van der Waals surface area contributed by atoms with E-state index in [1.807, 2.05) is 32.0 Å². The topological polar surface area (TPSA) is 76.3 Å². The Morgan fingerprint density at radius 2 is 1.88 bits per heavy atom. The van der Waals surface area contributed by atoms with Gasteiger partial charge in [-0.3, -0.25) is 9.59 Å². The van der Waals surface area contributed by atoms with Crippen molar-refractivity contribution in [1.29, 1.82) is 0 Å². The molecule has 3 rings (SSSR count). The van der Waals surface area contributed by atoms with Gasteiger partial charge in [0.2, 0.25) is 0 Å². The van der Waals surface area contributed by atoms with Gasteiger partial charge >= 0.3 is 0 Å². The molecule has 0 unspecified atom stereocenters. The highest BCUT2D eigenvalue weighted by Gasteiger charge is 2.14. The van der Waals surface area contributed by atoms with Crippen molar-refractivity contribution < 1.29 is 4.79 Å². The van der Waals surface area contributed by atoms with E-state index in [1.54, 1.807) is 30.5 Å². The fraction of sp³-hybridized carbons (Fsp3) is 0.158. The van der Waals surface area contributed by atoms with E-state index >= 15 is 0 Å². The Labute approximate surface area is 144 Å². The van der Waals surface area contributed by atoms with Gasteiger partial charge in [0.1, 0.15) is 0 Å². The highest BCUT2D eigenvalue weighted by atomic mass is 16.2. The molecule has 1 amide bonds. The summed E-state index contributed by atoms with van der Waals surface area (Å²) in [6, 6.07) is 12.9. The molecule has 1 N–H and O–H groups in total. The van der Waals surface area contributed by atoms with Gasteiger partial charge in [0, 0.05) is 12.4 Å². The standard InChI is InChI=1S/C19H18N4O2/c1-12-8-9-14(13(2)10-12)11-20-21-18(24)17-15-6-4-5-7-16(15)19(25)23(3)22-17/h4-11H,1-3H3,(H,21,24)/b20-11+. The van der Waals surface area contributed by atoms with E-state index < -0.39 is 5.91 Å². The largest absolute Gasteiger partial charge is 0.292 e. The quantitative estimate of drug-likeness (QED) is 0.590. The van der Waals surface area contributed by atoms with Gasteiger partial charge in [-0.05, 0) is 31.0 Å². The number of hydrogen-bond donors (Lipinski definition) is 1. The minimum absolute atomic E-state index is 0.162. The van der Waals surface area contributed by atoms with Crippen molar-refractivity contribution in [3.63, 3.8) is 0 Å². The van der Waals surface area contributed by atoms with Crippen LogP contribution in [-0.4, -0.2) is 21.9 Å². The first-order valence-corrected chi connectivity index (χ1v) is 7.84. The number of aryl methyl sites for hydroxylation is 3. The lowest BCUT2D eigenvalue weighted by molar-refractivity contribution is 0.0950. The number of nitrogens with zero attached hydrogens (tertiary/aromatic N) is 3. The number of hydrogen-bond acceptors (Lipinski definition) is 4. The zero-order valence-corrected chi connectivity index (χ0v) is 14.3. The van der Waals surface area contributed by atoms with E-state index in [4.69, 9.17) is 0 Å². The third-order valence-corrected chi connectivity index (χ3v) is 3.97. The van der Waals surface area contributed by atoms with Crippen molar-refractivity contribution in [3.8, 4) is 0 Å². The van der Waals surface area contributed by atoms with Gasteiger partial charge in [0.05, 0.1) is 11.6 Å². The maximum atomic E-state index is 12.4. The van der Waals surface area contributed by atoms with Crippen LogP contribution in [0.5, 0.6) is 0 Å². The monoisotopic (exact) mass is 334 g/mol. The van der Waals surface area contributed by atoms with Gasteiger partial charge in [-0.25, -0.2) is 10.1 Å². The third-order valence-electron chi connectivity index (χ3n) is 3.97. The van der Waals surface area contributed by atoms with Crippen LogP contribution in [0.25, 0.3) is 10.8 Å². The minimum atomic E-state index is -0.465. The summed E-state index contributed by atoms with van der Waals surface area (Å²) < 4.78 is 1.16. The Bertz CT molecular complexity index is 1050. The molecule has 2 aromatic carbocycles. The van der Waals surface area contributed by atoms with Crippen molar-refractivity contribution in [3.05, 3.63) is 75.2 Å². The molecular formula is C19H18N4O2. The average molecular weight is 334 g/mol. The Hall–Kier alpha value is -3.28. The molecule has 1 heterocycles. The second-order valence-electron chi connectivity index (χ2n) is 5.88. The summed E-state index contributed by atoms with van der Waals surface area (Å²) in [6.45, 7) is 4.00. The number of amides is 1. The number of aromatic nitrogens is 2. The second-order valence-corrected chi connectivity index (χ2v) is 5.88. The molecule has 3 aromatic rings. The number of carbonyl (C=O) groups is 1. The molecule has 1 aromatic heterocycles. The van der Waals surface area contributed by atoms with Gasteiger partial charge < -0.3 is 0 Å². The third kappa shape index (κ3) is 3.33. The zero-order chi connectivity index (χ0) is 18.0. The molecule has 0 saturated heterocycles. The van der Waals surface area contributed by atoms with Crippen molar-refractivity contribution in [2.75, 3.05) is 0 Å². The molecular weight excluding hydrogens is 316 g/mol. The van der Waals surface area contributed by atoms with Crippen LogP contribution in [0.1, 0.15) is 27.2 Å². The highest BCUT2D eigenvalue weighted by molar-refractivity contribution is 6.04. The van der Waals surface area contributed by atoms with Crippen molar-refractivity contribution >= 4 is 22.9 Å². The number of nitrogens with one attached hydrogen (secondary N) is 1. The molecule has 0 radical (unpaired) electrons. The Kier molecular flexibility index (Phi) is 4.43. The summed E-state index contributed by atoms with van der Waals surface area (Å²) in [5.74, 6) is -0.465. The fourth-order valence-electron chi connectivity index (χ4n) is 2.65. The predicted molar refractivity (Wildman–Crippen MR) is 98.0 cm³/mol. The van der Waals surface area contributed by atoms with E-state index in [0.717, 1.165) is 15.8 Å². The summed E-state index contributed by atoms with van der Waals surface area (Å²) >= 11 is 0. The lowest BCUT2D eigenvalue weighted by atomic mass is 10.1. The van der Waals surface area contributed by atoms with E-state index in [-0.39, 0.29) is 11.3 Å². The van der Waals surface area contributed by atoms with Gasteiger partial charge in [0.25, 0.3) is 11.5 Å². The smallest absolute Gasteiger partial charge is 0.267 e. The SMILES string of the molecule is Cc1ccc(/C=N/NC(=O)c2nn(C)c(=O)c3ccccc23)c(C)c1. The number of carbonyl (C=O) groups excluding carboxylic acids is 1. The molecule has 0 saturated carbocycles.